The summed E-state index contributed by atoms with van der Waals surface area (Å²) in [4.78, 5) is 0. The van der Waals surface area contributed by atoms with Crippen molar-refractivity contribution in [1.82, 2.24) is 4.72 Å². The molecule has 2 atom stereocenters. The quantitative estimate of drug-likeness (QED) is 0.760. The number of rotatable bonds is 6. The van der Waals surface area contributed by atoms with Gasteiger partial charge in [-0.05, 0) is 31.1 Å². The van der Waals surface area contributed by atoms with E-state index in [9.17, 15) is 8.42 Å². The van der Waals surface area contributed by atoms with Gasteiger partial charge in [0.2, 0.25) is 10.0 Å². The maximum absolute atomic E-state index is 12.2. The molecule has 2 rings (SSSR count). The zero-order valence-corrected chi connectivity index (χ0v) is 12.3. The van der Waals surface area contributed by atoms with Crippen LogP contribution in [0.5, 0.6) is 0 Å². The van der Waals surface area contributed by atoms with E-state index in [4.69, 9.17) is 10.5 Å². The lowest BCUT2D eigenvalue weighted by atomic mass is 9.84. The highest BCUT2D eigenvalue weighted by Crippen LogP contribution is 2.26. The van der Waals surface area contributed by atoms with Crippen LogP contribution in [0.3, 0.4) is 0 Å². The van der Waals surface area contributed by atoms with E-state index < -0.39 is 10.0 Å². The minimum atomic E-state index is -3.24. The predicted molar refractivity (Wildman–Crippen MR) is 75.3 cm³/mol. The van der Waals surface area contributed by atoms with E-state index in [1.165, 1.54) is 19.3 Å². The van der Waals surface area contributed by atoms with Crippen LogP contribution in [0.15, 0.2) is 0 Å². The summed E-state index contributed by atoms with van der Waals surface area (Å²) in [6.07, 6.45) is 6.68. The third kappa shape index (κ3) is 4.70. The SMILES string of the molecule is NCC(NS(=O)(=O)CC1CCOC1)C1CCCCC1. The van der Waals surface area contributed by atoms with Crippen molar-refractivity contribution in [3.8, 4) is 0 Å². The first-order chi connectivity index (χ1) is 9.11. The zero-order chi connectivity index (χ0) is 13.7. The molecule has 0 radical (unpaired) electrons. The van der Waals surface area contributed by atoms with E-state index in [-0.39, 0.29) is 17.7 Å². The summed E-state index contributed by atoms with van der Waals surface area (Å²) in [5.41, 5.74) is 5.77. The molecule has 2 aliphatic rings. The molecule has 1 heterocycles. The molecule has 0 aromatic heterocycles. The molecule has 0 bridgehead atoms. The van der Waals surface area contributed by atoms with Crippen LogP contribution in [0, 0.1) is 11.8 Å². The van der Waals surface area contributed by atoms with Crippen molar-refractivity contribution in [3.05, 3.63) is 0 Å². The average Bonchev–Trinajstić information content (AvgIpc) is 2.89. The fourth-order valence-corrected chi connectivity index (χ4v) is 4.91. The van der Waals surface area contributed by atoms with Gasteiger partial charge in [-0.1, -0.05) is 19.3 Å². The second kappa shape index (κ2) is 7.02. The Labute approximate surface area is 116 Å². The molecule has 3 N–H and O–H groups in total. The largest absolute Gasteiger partial charge is 0.381 e. The van der Waals surface area contributed by atoms with Crippen molar-refractivity contribution in [3.63, 3.8) is 0 Å². The number of ether oxygens (including phenoxy) is 1. The number of nitrogens with two attached hydrogens (primary N) is 1. The lowest BCUT2D eigenvalue weighted by molar-refractivity contribution is 0.188. The molecule has 0 aromatic carbocycles. The number of nitrogens with one attached hydrogen (secondary N) is 1. The first-order valence-corrected chi connectivity index (χ1v) is 9.04. The highest BCUT2D eigenvalue weighted by atomic mass is 32.2. The molecular formula is C13H26N2O3S. The van der Waals surface area contributed by atoms with Gasteiger partial charge in [0.1, 0.15) is 0 Å². The van der Waals surface area contributed by atoms with Crippen LogP contribution >= 0.6 is 0 Å². The first kappa shape index (κ1) is 15.2. The fourth-order valence-electron chi connectivity index (χ4n) is 3.18. The summed E-state index contributed by atoms with van der Waals surface area (Å²) in [5, 5.41) is 0. The van der Waals surface area contributed by atoms with Gasteiger partial charge in [-0.3, -0.25) is 0 Å². The van der Waals surface area contributed by atoms with Gasteiger partial charge in [0, 0.05) is 19.2 Å². The zero-order valence-electron chi connectivity index (χ0n) is 11.5. The third-order valence-electron chi connectivity index (χ3n) is 4.28. The standard InChI is InChI=1S/C13H26N2O3S/c14-8-13(12-4-2-1-3-5-12)15-19(16,17)10-11-6-7-18-9-11/h11-13,15H,1-10,14H2. The van der Waals surface area contributed by atoms with E-state index in [1.807, 2.05) is 0 Å². The molecule has 1 saturated carbocycles. The van der Waals surface area contributed by atoms with E-state index in [1.54, 1.807) is 0 Å². The maximum Gasteiger partial charge on any atom is 0.212 e. The highest BCUT2D eigenvalue weighted by Gasteiger charge is 2.29. The van der Waals surface area contributed by atoms with Crippen molar-refractivity contribution in [2.45, 2.75) is 44.6 Å². The second-order valence-electron chi connectivity index (χ2n) is 5.87. The van der Waals surface area contributed by atoms with Gasteiger partial charge >= 0.3 is 0 Å². The summed E-state index contributed by atoms with van der Waals surface area (Å²) < 4.78 is 32.4. The van der Waals surface area contributed by atoms with Crippen molar-refractivity contribution in [1.29, 1.82) is 0 Å². The molecule has 1 saturated heterocycles. The van der Waals surface area contributed by atoms with Gasteiger partial charge in [-0.2, -0.15) is 0 Å². The van der Waals surface area contributed by atoms with E-state index in [0.717, 1.165) is 19.3 Å². The fraction of sp³-hybridized carbons (Fsp3) is 1.00. The lowest BCUT2D eigenvalue weighted by Gasteiger charge is -2.30. The Kier molecular flexibility index (Phi) is 5.62. The van der Waals surface area contributed by atoms with Crippen molar-refractivity contribution >= 4 is 10.0 Å². The van der Waals surface area contributed by atoms with E-state index in [0.29, 0.717) is 25.7 Å². The lowest BCUT2D eigenvalue weighted by Crippen LogP contribution is -2.47. The molecule has 5 nitrogen and oxygen atoms in total. The number of sulfonamides is 1. The van der Waals surface area contributed by atoms with Crippen LogP contribution < -0.4 is 10.5 Å². The smallest absolute Gasteiger partial charge is 0.212 e. The van der Waals surface area contributed by atoms with Gasteiger partial charge in [-0.25, -0.2) is 13.1 Å². The van der Waals surface area contributed by atoms with Gasteiger partial charge in [0.25, 0.3) is 0 Å². The molecule has 2 fully saturated rings. The monoisotopic (exact) mass is 290 g/mol. The molecule has 0 spiro atoms. The van der Waals surface area contributed by atoms with E-state index >= 15 is 0 Å². The van der Waals surface area contributed by atoms with Crippen molar-refractivity contribution < 1.29 is 13.2 Å². The summed E-state index contributed by atoms with van der Waals surface area (Å²) >= 11 is 0. The Morgan fingerprint density at radius 1 is 1.21 bits per heavy atom. The number of hydrogen-bond acceptors (Lipinski definition) is 4. The van der Waals surface area contributed by atoms with Crippen molar-refractivity contribution in [2.75, 3.05) is 25.5 Å². The average molecular weight is 290 g/mol. The van der Waals surface area contributed by atoms with Crippen molar-refractivity contribution in [2.24, 2.45) is 17.6 Å². The van der Waals surface area contributed by atoms with Crippen LogP contribution in [0.1, 0.15) is 38.5 Å². The minimum absolute atomic E-state index is 0.0902. The third-order valence-corrected chi connectivity index (χ3v) is 5.85. The Balaban J connectivity index is 1.88. The number of hydrogen-bond donors (Lipinski definition) is 2. The van der Waals surface area contributed by atoms with Crippen LogP contribution in [0.2, 0.25) is 0 Å². The van der Waals surface area contributed by atoms with Crippen LogP contribution in [-0.2, 0) is 14.8 Å². The van der Waals surface area contributed by atoms with Gasteiger partial charge < -0.3 is 10.5 Å². The first-order valence-electron chi connectivity index (χ1n) is 7.38. The molecular weight excluding hydrogens is 264 g/mol. The normalized spacial score (nSPS) is 27.5. The topological polar surface area (TPSA) is 81.4 Å². The minimum Gasteiger partial charge on any atom is -0.381 e. The molecule has 1 aliphatic carbocycles. The Morgan fingerprint density at radius 3 is 2.53 bits per heavy atom. The molecule has 6 heteroatoms. The van der Waals surface area contributed by atoms with E-state index in [2.05, 4.69) is 4.72 Å². The molecule has 1 aliphatic heterocycles. The summed E-state index contributed by atoms with van der Waals surface area (Å²) in [6.45, 7) is 1.64. The molecule has 2 unspecified atom stereocenters. The maximum atomic E-state index is 12.2. The second-order valence-corrected chi connectivity index (χ2v) is 7.67. The Bertz CT molecular complexity index is 360. The summed E-state index contributed by atoms with van der Waals surface area (Å²) in [5.74, 6) is 0.728. The van der Waals surface area contributed by atoms with Gasteiger partial charge in [-0.15, -0.1) is 0 Å². The van der Waals surface area contributed by atoms with Gasteiger partial charge in [0.05, 0.1) is 12.4 Å². The van der Waals surface area contributed by atoms with Crippen LogP contribution in [0.4, 0.5) is 0 Å². The van der Waals surface area contributed by atoms with Crippen LogP contribution in [0.25, 0.3) is 0 Å². The Morgan fingerprint density at radius 2 is 1.95 bits per heavy atom. The summed E-state index contributed by atoms with van der Waals surface area (Å²) in [7, 11) is -3.24. The predicted octanol–water partition coefficient (Wildman–Crippen LogP) is 0.850. The molecule has 0 aromatic rings. The molecule has 0 amide bonds. The van der Waals surface area contributed by atoms with Gasteiger partial charge in [0.15, 0.2) is 0 Å². The summed E-state index contributed by atoms with van der Waals surface area (Å²) in [6, 6.07) is -0.0902. The van der Waals surface area contributed by atoms with Crippen LogP contribution in [-0.4, -0.2) is 40.0 Å². The molecule has 112 valence electrons. The Hall–Kier alpha value is -0.170. The highest BCUT2D eigenvalue weighted by molar-refractivity contribution is 7.89. The molecule has 19 heavy (non-hydrogen) atoms.